The molecule has 0 unspecified atom stereocenters. The van der Waals surface area contributed by atoms with Crippen LogP contribution in [0.3, 0.4) is 0 Å². The van der Waals surface area contributed by atoms with E-state index in [9.17, 15) is 0 Å². The second-order valence-corrected chi connectivity index (χ2v) is 3.92. The quantitative estimate of drug-likeness (QED) is 0.827. The molecular formula is C13H17N3O2. The third kappa shape index (κ3) is 2.75. The Morgan fingerprint density at radius 1 is 1.22 bits per heavy atom. The average molecular weight is 247 g/mol. The second kappa shape index (κ2) is 6.28. The molecule has 0 amide bonds. The molecule has 5 heteroatoms. The van der Waals surface area contributed by atoms with E-state index in [2.05, 4.69) is 9.97 Å². The summed E-state index contributed by atoms with van der Waals surface area (Å²) < 4.78 is 5.09. The van der Waals surface area contributed by atoms with Crippen molar-refractivity contribution in [2.75, 3.05) is 38.3 Å². The average Bonchev–Trinajstić information content (AvgIpc) is 2.43. The normalized spacial score (nSPS) is 10.8. The van der Waals surface area contributed by atoms with Gasteiger partial charge in [-0.15, -0.1) is 0 Å². The second-order valence-electron chi connectivity index (χ2n) is 3.92. The number of methoxy groups -OCH3 is 1. The number of anilines is 1. The fourth-order valence-corrected chi connectivity index (χ4v) is 1.89. The maximum Gasteiger partial charge on any atom is 0.140 e. The Balaban J connectivity index is 2.36. The molecule has 1 aromatic carbocycles. The molecule has 1 heterocycles. The molecule has 2 rings (SSSR count). The molecule has 0 bridgehead atoms. The van der Waals surface area contributed by atoms with Crippen molar-refractivity contribution in [2.24, 2.45) is 0 Å². The molecule has 1 aromatic heterocycles. The molecule has 0 saturated carbocycles. The van der Waals surface area contributed by atoms with Gasteiger partial charge in [0.25, 0.3) is 0 Å². The van der Waals surface area contributed by atoms with Gasteiger partial charge in [-0.3, -0.25) is 0 Å². The summed E-state index contributed by atoms with van der Waals surface area (Å²) in [5.74, 6) is 0.840. The Morgan fingerprint density at radius 2 is 2.06 bits per heavy atom. The molecule has 0 atom stereocenters. The van der Waals surface area contributed by atoms with Crippen molar-refractivity contribution in [1.29, 1.82) is 0 Å². The summed E-state index contributed by atoms with van der Waals surface area (Å²) in [7, 11) is 1.66. The molecule has 0 aliphatic carbocycles. The van der Waals surface area contributed by atoms with Crippen LogP contribution >= 0.6 is 0 Å². The van der Waals surface area contributed by atoms with Gasteiger partial charge in [0.1, 0.15) is 12.1 Å². The third-order valence-corrected chi connectivity index (χ3v) is 2.76. The summed E-state index contributed by atoms with van der Waals surface area (Å²) >= 11 is 0. The monoisotopic (exact) mass is 247 g/mol. The first-order chi connectivity index (χ1) is 8.86. The molecule has 5 nitrogen and oxygen atoms in total. The minimum atomic E-state index is 0.0854. The van der Waals surface area contributed by atoms with Gasteiger partial charge in [0.2, 0.25) is 0 Å². The van der Waals surface area contributed by atoms with Crippen molar-refractivity contribution in [2.45, 2.75) is 0 Å². The van der Waals surface area contributed by atoms with E-state index in [-0.39, 0.29) is 6.61 Å². The summed E-state index contributed by atoms with van der Waals surface area (Å²) in [5, 5.41) is 10.1. The van der Waals surface area contributed by atoms with E-state index < -0.39 is 0 Å². The van der Waals surface area contributed by atoms with Crippen molar-refractivity contribution in [3.8, 4) is 0 Å². The molecular weight excluding hydrogens is 230 g/mol. The number of para-hydroxylation sites is 1. The van der Waals surface area contributed by atoms with Crippen LogP contribution in [0.4, 0.5) is 5.82 Å². The highest BCUT2D eigenvalue weighted by molar-refractivity contribution is 5.89. The topological polar surface area (TPSA) is 58.5 Å². The highest BCUT2D eigenvalue weighted by Gasteiger charge is 2.11. The highest BCUT2D eigenvalue weighted by Crippen LogP contribution is 2.21. The third-order valence-electron chi connectivity index (χ3n) is 2.76. The van der Waals surface area contributed by atoms with Gasteiger partial charge in [-0.05, 0) is 12.1 Å². The first-order valence-electron chi connectivity index (χ1n) is 5.91. The Kier molecular flexibility index (Phi) is 4.44. The van der Waals surface area contributed by atoms with Gasteiger partial charge in [0.05, 0.1) is 18.7 Å². The fraction of sp³-hybridized carbons (Fsp3) is 0.385. The maximum absolute atomic E-state index is 9.14. The minimum absolute atomic E-state index is 0.0854. The number of aromatic nitrogens is 2. The lowest BCUT2D eigenvalue weighted by atomic mass is 10.2. The summed E-state index contributed by atoms with van der Waals surface area (Å²) in [6.07, 6.45) is 1.55. The van der Waals surface area contributed by atoms with Crippen molar-refractivity contribution < 1.29 is 9.84 Å². The van der Waals surface area contributed by atoms with Gasteiger partial charge in [-0.25, -0.2) is 9.97 Å². The molecule has 0 aliphatic heterocycles. The Hall–Kier alpha value is -1.72. The summed E-state index contributed by atoms with van der Waals surface area (Å²) in [6, 6.07) is 7.85. The predicted octanol–water partition coefficient (Wildman–Crippen LogP) is 1.07. The van der Waals surface area contributed by atoms with Crippen molar-refractivity contribution >= 4 is 16.7 Å². The standard InChI is InChI=1S/C13H17N3O2/c1-18-9-7-16(6-8-17)13-11-4-2-3-5-12(11)14-10-15-13/h2-5,10,17H,6-9H2,1H3. The summed E-state index contributed by atoms with van der Waals surface area (Å²) in [6.45, 7) is 1.91. The van der Waals surface area contributed by atoms with Crippen LogP contribution < -0.4 is 4.90 Å². The molecule has 0 spiro atoms. The van der Waals surface area contributed by atoms with Crippen LogP contribution in [0.5, 0.6) is 0 Å². The van der Waals surface area contributed by atoms with Crippen LogP contribution in [0.1, 0.15) is 0 Å². The fourth-order valence-electron chi connectivity index (χ4n) is 1.89. The van der Waals surface area contributed by atoms with Gasteiger partial charge >= 0.3 is 0 Å². The van der Waals surface area contributed by atoms with E-state index in [1.54, 1.807) is 13.4 Å². The SMILES string of the molecule is COCCN(CCO)c1ncnc2ccccc12. The molecule has 2 aromatic rings. The summed E-state index contributed by atoms with van der Waals surface area (Å²) in [5.41, 5.74) is 0.905. The zero-order valence-electron chi connectivity index (χ0n) is 10.4. The van der Waals surface area contributed by atoms with Gasteiger partial charge < -0.3 is 14.7 Å². The molecule has 0 aliphatic rings. The van der Waals surface area contributed by atoms with Crippen LogP contribution in [0.2, 0.25) is 0 Å². The molecule has 1 N–H and O–H groups in total. The summed E-state index contributed by atoms with van der Waals surface area (Å²) in [4.78, 5) is 10.6. The number of hydrogen-bond acceptors (Lipinski definition) is 5. The van der Waals surface area contributed by atoms with Gasteiger partial charge in [-0.1, -0.05) is 12.1 Å². The number of fused-ring (bicyclic) bond motifs is 1. The predicted molar refractivity (Wildman–Crippen MR) is 70.7 cm³/mol. The zero-order valence-corrected chi connectivity index (χ0v) is 10.4. The number of ether oxygens (including phenoxy) is 1. The Labute approximate surface area is 106 Å². The number of benzene rings is 1. The van der Waals surface area contributed by atoms with Crippen LogP contribution in [-0.2, 0) is 4.74 Å². The van der Waals surface area contributed by atoms with Crippen molar-refractivity contribution in [1.82, 2.24) is 9.97 Å². The largest absolute Gasteiger partial charge is 0.395 e. The number of aliphatic hydroxyl groups is 1. The molecule has 0 radical (unpaired) electrons. The van der Waals surface area contributed by atoms with E-state index >= 15 is 0 Å². The van der Waals surface area contributed by atoms with Gasteiger partial charge in [0.15, 0.2) is 0 Å². The maximum atomic E-state index is 9.14. The Bertz CT molecular complexity index is 499. The van der Waals surface area contributed by atoms with E-state index in [1.807, 2.05) is 29.2 Å². The van der Waals surface area contributed by atoms with E-state index in [4.69, 9.17) is 9.84 Å². The smallest absolute Gasteiger partial charge is 0.140 e. The van der Waals surface area contributed by atoms with Gasteiger partial charge in [0, 0.05) is 25.6 Å². The number of hydrogen-bond donors (Lipinski definition) is 1. The molecule has 0 saturated heterocycles. The molecule has 96 valence electrons. The lowest BCUT2D eigenvalue weighted by Gasteiger charge is -2.23. The first kappa shape index (κ1) is 12.7. The molecule has 18 heavy (non-hydrogen) atoms. The number of nitrogens with zero attached hydrogens (tertiary/aromatic N) is 3. The van der Waals surface area contributed by atoms with Crippen molar-refractivity contribution in [3.63, 3.8) is 0 Å². The van der Waals surface area contributed by atoms with E-state index in [0.717, 1.165) is 16.7 Å². The van der Waals surface area contributed by atoms with Crippen LogP contribution in [-0.4, -0.2) is 48.5 Å². The van der Waals surface area contributed by atoms with Crippen LogP contribution in [0.15, 0.2) is 30.6 Å². The minimum Gasteiger partial charge on any atom is -0.395 e. The highest BCUT2D eigenvalue weighted by atomic mass is 16.5. The van der Waals surface area contributed by atoms with E-state index in [1.165, 1.54) is 0 Å². The molecule has 0 fully saturated rings. The Morgan fingerprint density at radius 3 is 2.83 bits per heavy atom. The van der Waals surface area contributed by atoms with Crippen LogP contribution in [0.25, 0.3) is 10.9 Å². The zero-order chi connectivity index (χ0) is 12.8. The first-order valence-corrected chi connectivity index (χ1v) is 5.91. The van der Waals surface area contributed by atoms with Crippen LogP contribution in [0, 0.1) is 0 Å². The van der Waals surface area contributed by atoms with Crippen molar-refractivity contribution in [3.05, 3.63) is 30.6 Å². The van der Waals surface area contributed by atoms with E-state index in [0.29, 0.717) is 19.7 Å². The number of aliphatic hydroxyl groups excluding tert-OH is 1. The number of rotatable bonds is 6. The lowest BCUT2D eigenvalue weighted by molar-refractivity contribution is 0.202. The van der Waals surface area contributed by atoms with Gasteiger partial charge in [-0.2, -0.15) is 0 Å². The lowest BCUT2D eigenvalue weighted by Crippen LogP contribution is -2.31.